The third kappa shape index (κ3) is 7.79. The molecule has 1 rings (SSSR count). The minimum atomic E-state index is -4.92. The van der Waals surface area contributed by atoms with Crippen LogP contribution in [-0.2, 0) is 24.8 Å². The summed E-state index contributed by atoms with van der Waals surface area (Å²) in [5, 5.41) is 0. The van der Waals surface area contributed by atoms with E-state index in [2.05, 4.69) is 10.2 Å². The summed E-state index contributed by atoms with van der Waals surface area (Å²) >= 11 is 0. The van der Waals surface area contributed by atoms with E-state index in [1.165, 1.54) is 12.1 Å². The molecule has 98 valence electrons. The zero-order chi connectivity index (χ0) is 13.7. The fraction of sp³-hybridized carbons (Fsp3) is 0.143. The largest absolute Gasteiger partial charge is 0.726 e. The van der Waals surface area contributed by atoms with E-state index < -0.39 is 20.5 Å². The van der Waals surface area contributed by atoms with Gasteiger partial charge in [-0.2, -0.15) is 14.3 Å². The van der Waals surface area contributed by atoms with E-state index in [0.29, 0.717) is 0 Å². The van der Waals surface area contributed by atoms with Gasteiger partial charge in [-0.1, -0.05) is 22.0 Å². The molecule has 8 nitrogen and oxygen atoms in total. The van der Waals surface area contributed by atoms with Crippen LogP contribution in [0.25, 0.3) is 0 Å². The first-order valence-corrected chi connectivity index (χ1v) is 6.77. The standard InChI is InChI=1S/C7H10NO3S.H2O4S/c1-6-2-4-7(5-3-6)12(9,10)11-8;1-5(2,3)4/h2-5H,1,8H3;(H2,1,2,3,4)/q+1;/p-1. The Bertz CT molecular complexity index is 538. The summed E-state index contributed by atoms with van der Waals surface area (Å²) < 4.78 is 59.0. The van der Waals surface area contributed by atoms with Crippen molar-refractivity contribution in [1.29, 1.82) is 0 Å². The van der Waals surface area contributed by atoms with Crippen LogP contribution in [0.15, 0.2) is 29.2 Å². The molecule has 0 aliphatic rings. The van der Waals surface area contributed by atoms with Crippen molar-refractivity contribution < 1.29 is 36.1 Å². The Hall–Kier alpha value is -1.04. The predicted octanol–water partition coefficient (Wildman–Crippen LogP) is -1.14. The van der Waals surface area contributed by atoms with Crippen LogP contribution in [-0.4, -0.2) is 25.9 Å². The van der Waals surface area contributed by atoms with Crippen molar-refractivity contribution in [3.63, 3.8) is 0 Å². The summed E-state index contributed by atoms with van der Waals surface area (Å²) in [7, 11) is -8.54. The number of hydrogen-bond acceptors (Lipinski definition) is 6. The summed E-state index contributed by atoms with van der Waals surface area (Å²) in [5.41, 5.74) is 0.998. The van der Waals surface area contributed by atoms with Crippen LogP contribution >= 0.6 is 0 Å². The zero-order valence-electron chi connectivity index (χ0n) is 8.73. The van der Waals surface area contributed by atoms with Crippen molar-refractivity contribution in [2.45, 2.75) is 11.8 Å². The molecular formula is C7H11NO7S2. The van der Waals surface area contributed by atoms with Crippen LogP contribution in [0.4, 0.5) is 0 Å². The van der Waals surface area contributed by atoms with Crippen molar-refractivity contribution in [1.82, 2.24) is 0 Å². The molecule has 1 aromatic carbocycles. The first kappa shape index (κ1) is 16.0. The highest BCUT2D eigenvalue weighted by Crippen LogP contribution is 2.10. The van der Waals surface area contributed by atoms with Gasteiger partial charge >= 0.3 is 10.1 Å². The fourth-order valence-electron chi connectivity index (χ4n) is 0.773. The Morgan fingerprint density at radius 1 is 1.18 bits per heavy atom. The fourth-order valence-corrected chi connectivity index (χ4v) is 1.38. The second-order valence-corrected chi connectivity index (χ2v) is 5.28. The van der Waals surface area contributed by atoms with E-state index in [1.807, 2.05) is 6.92 Å². The van der Waals surface area contributed by atoms with E-state index in [1.54, 1.807) is 12.1 Å². The molecule has 17 heavy (non-hydrogen) atoms. The molecule has 0 aliphatic carbocycles. The van der Waals surface area contributed by atoms with Gasteiger partial charge < -0.3 is 4.55 Å². The lowest BCUT2D eigenvalue weighted by atomic mass is 10.2. The molecule has 0 fully saturated rings. The molecule has 0 atom stereocenters. The Kier molecular flexibility index (Phi) is 5.68. The van der Waals surface area contributed by atoms with Crippen LogP contribution < -0.4 is 5.90 Å². The predicted molar refractivity (Wildman–Crippen MR) is 54.7 cm³/mol. The van der Waals surface area contributed by atoms with Crippen molar-refractivity contribution in [3.8, 4) is 0 Å². The zero-order valence-corrected chi connectivity index (χ0v) is 10.4. The molecule has 0 radical (unpaired) electrons. The van der Waals surface area contributed by atoms with Crippen LogP contribution in [0.5, 0.6) is 0 Å². The van der Waals surface area contributed by atoms with E-state index >= 15 is 0 Å². The summed E-state index contributed by atoms with van der Waals surface area (Å²) in [6.45, 7) is 1.88. The van der Waals surface area contributed by atoms with E-state index in [9.17, 15) is 8.42 Å². The monoisotopic (exact) mass is 285 g/mol. The number of aryl methyl sites for hydroxylation is 1. The van der Waals surface area contributed by atoms with Gasteiger partial charge in [0, 0.05) is 0 Å². The maximum atomic E-state index is 11.0. The lowest BCUT2D eigenvalue weighted by Crippen LogP contribution is -2.50. The van der Waals surface area contributed by atoms with Crippen LogP contribution in [0.1, 0.15) is 5.56 Å². The Morgan fingerprint density at radius 2 is 1.53 bits per heavy atom. The van der Waals surface area contributed by atoms with E-state index in [4.69, 9.17) is 17.5 Å². The Labute approximate surface area is 98.7 Å². The van der Waals surface area contributed by atoms with Crippen LogP contribution in [0.2, 0.25) is 0 Å². The van der Waals surface area contributed by atoms with Gasteiger partial charge in [0.05, 0.1) is 4.90 Å². The number of benzene rings is 1. The van der Waals surface area contributed by atoms with Crippen molar-refractivity contribution >= 4 is 20.5 Å². The third-order valence-electron chi connectivity index (χ3n) is 1.46. The van der Waals surface area contributed by atoms with Crippen molar-refractivity contribution in [2.75, 3.05) is 0 Å². The van der Waals surface area contributed by atoms with Gasteiger partial charge in [0.1, 0.15) is 0 Å². The van der Waals surface area contributed by atoms with Crippen LogP contribution in [0.3, 0.4) is 0 Å². The molecule has 0 heterocycles. The van der Waals surface area contributed by atoms with Gasteiger partial charge in [-0.05, 0) is 19.1 Å². The highest BCUT2D eigenvalue weighted by Gasteiger charge is 2.14. The summed E-state index contributed by atoms with van der Waals surface area (Å²) in [5.74, 6) is 2.87. The van der Waals surface area contributed by atoms with Gasteiger partial charge in [-0.25, -0.2) is 8.42 Å². The lowest BCUT2D eigenvalue weighted by Gasteiger charge is -1.97. The highest BCUT2D eigenvalue weighted by molar-refractivity contribution is 7.86. The molecule has 0 spiro atoms. The summed E-state index contributed by atoms with van der Waals surface area (Å²) in [6, 6.07) is 6.36. The van der Waals surface area contributed by atoms with Gasteiger partial charge in [0.2, 0.25) is 10.4 Å². The second-order valence-electron chi connectivity index (χ2n) is 2.81. The lowest BCUT2D eigenvalue weighted by molar-refractivity contribution is -0.635. The average Bonchev–Trinajstić information content (AvgIpc) is 2.16. The van der Waals surface area contributed by atoms with E-state index in [0.717, 1.165) is 5.56 Å². The minimum absolute atomic E-state index is 0.128. The summed E-state index contributed by atoms with van der Waals surface area (Å²) in [4.78, 5) is 0.128. The normalized spacial score (nSPS) is 11.5. The third-order valence-corrected chi connectivity index (χ3v) is 2.62. The van der Waals surface area contributed by atoms with Crippen LogP contribution in [0, 0.1) is 6.92 Å². The molecule has 10 heteroatoms. The molecular weight excluding hydrogens is 274 g/mol. The molecule has 0 aliphatic heterocycles. The molecule has 4 N–H and O–H groups in total. The second kappa shape index (κ2) is 6.05. The molecule has 0 aromatic heterocycles. The van der Waals surface area contributed by atoms with Gasteiger partial charge in [-0.15, -0.1) is 0 Å². The number of hydrogen-bond donors (Lipinski definition) is 2. The van der Waals surface area contributed by atoms with Crippen molar-refractivity contribution in [2.24, 2.45) is 0 Å². The summed E-state index contributed by atoms with van der Waals surface area (Å²) in [6.07, 6.45) is 0. The Balaban J connectivity index is 0.000000437. The van der Waals surface area contributed by atoms with Gasteiger partial charge in [-0.3, -0.25) is 4.55 Å². The first-order valence-electron chi connectivity index (χ1n) is 4.00. The topological polar surface area (TPSA) is 148 Å². The quantitative estimate of drug-likeness (QED) is 0.396. The highest BCUT2D eigenvalue weighted by atomic mass is 32.3. The molecule has 0 amide bonds. The molecule has 0 saturated carbocycles. The molecule has 0 unspecified atom stereocenters. The maximum Gasteiger partial charge on any atom is 0.342 e. The number of rotatable bonds is 2. The average molecular weight is 285 g/mol. The Morgan fingerprint density at radius 3 is 1.82 bits per heavy atom. The van der Waals surface area contributed by atoms with Crippen molar-refractivity contribution in [3.05, 3.63) is 29.8 Å². The molecule has 0 bridgehead atoms. The number of quaternary nitrogens is 1. The first-order chi connectivity index (χ1) is 7.56. The van der Waals surface area contributed by atoms with Gasteiger partial charge in [0.15, 0.2) is 0 Å². The van der Waals surface area contributed by atoms with E-state index in [-0.39, 0.29) is 4.90 Å². The molecule has 1 aromatic rings. The smallest absolute Gasteiger partial charge is 0.342 e. The minimum Gasteiger partial charge on any atom is -0.726 e. The maximum absolute atomic E-state index is 11.0. The van der Waals surface area contributed by atoms with Gasteiger partial charge in [0.25, 0.3) is 0 Å². The molecule has 0 saturated heterocycles. The SMILES string of the molecule is Cc1ccc(S(=O)(=O)O[NH3+])cc1.O=S(=O)([O-])O.